The molecule has 0 amide bonds. The van der Waals surface area contributed by atoms with E-state index in [2.05, 4.69) is 25.7 Å². The summed E-state index contributed by atoms with van der Waals surface area (Å²) < 4.78 is 11.9. The van der Waals surface area contributed by atoms with Gasteiger partial charge >= 0.3 is 0 Å². The van der Waals surface area contributed by atoms with Crippen LogP contribution in [0.1, 0.15) is 41.0 Å². The third kappa shape index (κ3) is 4.75. The zero-order chi connectivity index (χ0) is 14.6. The molecule has 0 bridgehead atoms. The van der Waals surface area contributed by atoms with Crippen molar-refractivity contribution in [3.05, 3.63) is 24.8 Å². The fourth-order valence-corrected chi connectivity index (χ4v) is 2.28. The molecule has 0 saturated carbocycles. The second-order valence-electron chi connectivity index (χ2n) is 6.01. The molecular formula is C16H28O3. The Kier molecular flexibility index (Phi) is 5.78. The predicted molar refractivity (Wildman–Crippen MR) is 77.8 cm³/mol. The lowest BCUT2D eigenvalue weighted by Gasteiger charge is -2.21. The molecule has 1 fully saturated rings. The van der Waals surface area contributed by atoms with Crippen molar-refractivity contribution in [1.29, 1.82) is 0 Å². The second-order valence-corrected chi connectivity index (χ2v) is 6.01. The van der Waals surface area contributed by atoms with E-state index in [9.17, 15) is 5.11 Å². The number of aliphatic hydroxyl groups excluding tert-OH is 1. The molecule has 5 atom stereocenters. The lowest BCUT2D eigenvalue weighted by Crippen LogP contribution is -2.28. The molecule has 0 aromatic heterocycles. The van der Waals surface area contributed by atoms with Gasteiger partial charge in [0.05, 0.1) is 18.3 Å². The van der Waals surface area contributed by atoms with Crippen molar-refractivity contribution >= 4 is 0 Å². The molecule has 0 aliphatic carbocycles. The van der Waals surface area contributed by atoms with E-state index in [1.807, 2.05) is 26.8 Å². The van der Waals surface area contributed by atoms with Gasteiger partial charge in [-0.05, 0) is 33.1 Å². The number of ether oxygens (including phenoxy) is 2. The van der Waals surface area contributed by atoms with Gasteiger partial charge in [0.15, 0.2) is 5.79 Å². The van der Waals surface area contributed by atoms with Gasteiger partial charge in [-0.15, -0.1) is 6.58 Å². The molecule has 1 aliphatic heterocycles. The summed E-state index contributed by atoms with van der Waals surface area (Å²) in [7, 11) is 0. The summed E-state index contributed by atoms with van der Waals surface area (Å²) in [5.41, 5.74) is 0. The molecule has 1 aliphatic rings. The van der Waals surface area contributed by atoms with Gasteiger partial charge in [0.25, 0.3) is 0 Å². The van der Waals surface area contributed by atoms with Gasteiger partial charge < -0.3 is 14.6 Å². The van der Waals surface area contributed by atoms with Gasteiger partial charge in [-0.25, -0.2) is 0 Å². The van der Waals surface area contributed by atoms with Gasteiger partial charge in [-0.1, -0.05) is 32.1 Å². The number of hydrogen-bond acceptors (Lipinski definition) is 3. The van der Waals surface area contributed by atoms with Crippen LogP contribution < -0.4 is 0 Å². The Balaban J connectivity index is 2.68. The van der Waals surface area contributed by atoms with Crippen molar-refractivity contribution in [2.75, 3.05) is 0 Å². The highest BCUT2D eigenvalue weighted by Gasteiger charge is 2.42. The van der Waals surface area contributed by atoms with Crippen molar-refractivity contribution in [3.8, 4) is 0 Å². The lowest BCUT2D eigenvalue weighted by molar-refractivity contribution is -0.148. The SMILES string of the molecule is C=CC[C@@H]1OC(C)(C)O[C@@H]1C(C)/C=C\[C@@H](C)[C@H](C)O. The zero-order valence-corrected chi connectivity index (χ0v) is 12.8. The Bertz CT molecular complexity index is 320. The minimum absolute atomic E-state index is 0.0328. The van der Waals surface area contributed by atoms with Crippen LogP contribution in [-0.2, 0) is 9.47 Å². The summed E-state index contributed by atoms with van der Waals surface area (Å²) in [5, 5.41) is 9.50. The van der Waals surface area contributed by atoms with E-state index in [-0.39, 0.29) is 30.1 Å². The van der Waals surface area contributed by atoms with Gasteiger partial charge in [0.2, 0.25) is 0 Å². The van der Waals surface area contributed by atoms with Crippen molar-refractivity contribution in [2.45, 2.75) is 65.1 Å². The average molecular weight is 268 g/mol. The van der Waals surface area contributed by atoms with Crippen LogP contribution >= 0.6 is 0 Å². The lowest BCUT2D eigenvalue weighted by atomic mass is 9.95. The molecule has 0 aromatic carbocycles. The van der Waals surface area contributed by atoms with E-state index >= 15 is 0 Å². The molecule has 0 aromatic rings. The van der Waals surface area contributed by atoms with Crippen molar-refractivity contribution in [1.82, 2.24) is 0 Å². The molecule has 19 heavy (non-hydrogen) atoms. The zero-order valence-electron chi connectivity index (χ0n) is 12.8. The standard InChI is InChI=1S/C16H28O3/c1-7-8-14-15(19-16(5,6)18-14)12(3)10-9-11(2)13(4)17/h7,9-15,17H,1,8H2,2-6H3/b10-9-/t11-,12?,13+,14+,15-/m1/s1. The first-order valence-corrected chi connectivity index (χ1v) is 7.09. The summed E-state index contributed by atoms with van der Waals surface area (Å²) in [6, 6.07) is 0. The first-order valence-electron chi connectivity index (χ1n) is 7.09. The van der Waals surface area contributed by atoms with Crippen LogP contribution in [0.5, 0.6) is 0 Å². The molecule has 0 spiro atoms. The first kappa shape index (κ1) is 16.4. The molecule has 1 saturated heterocycles. The molecule has 3 nitrogen and oxygen atoms in total. The van der Waals surface area contributed by atoms with E-state index in [4.69, 9.17) is 9.47 Å². The van der Waals surface area contributed by atoms with E-state index in [1.165, 1.54) is 0 Å². The summed E-state index contributed by atoms with van der Waals surface area (Å²) in [5.74, 6) is -0.139. The maximum absolute atomic E-state index is 9.50. The topological polar surface area (TPSA) is 38.7 Å². The minimum Gasteiger partial charge on any atom is -0.393 e. The monoisotopic (exact) mass is 268 g/mol. The van der Waals surface area contributed by atoms with Gasteiger partial charge in [-0.3, -0.25) is 0 Å². The quantitative estimate of drug-likeness (QED) is 0.751. The van der Waals surface area contributed by atoms with Crippen molar-refractivity contribution < 1.29 is 14.6 Å². The number of hydrogen-bond donors (Lipinski definition) is 1. The molecule has 1 N–H and O–H groups in total. The minimum atomic E-state index is -0.531. The van der Waals surface area contributed by atoms with E-state index < -0.39 is 5.79 Å². The van der Waals surface area contributed by atoms with E-state index in [1.54, 1.807) is 6.92 Å². The fraction of sp³-hybridized carbons (Fsp3) is 0.750. The van der Waals surface area contributed by atoms with Crippen LogP contribution in [0.4, 0.5) is 0 Å². The first-order chi connectivity index (χ1) is 8.76. The molecule has 3 heteroatoms. The Morgan fingerprint density at radius 3 is 2.37 bits per heavy atom. The van der Waals surface area contributed by atoms with Crippen LogP contribution in [0.2, 0.25) is 0 Å². The molecule has 1 unspecified atom stereocenters. The maximum atomic E-state index is 9.50. The van der Waals surface area contributed by atoms with E-state index in [0.29, 0.717) is 0 Å². The highest BCUT2D eigenvalue weighted by molar-refractivity contribution is 4.99. The summed E-state index contributed by atoms with van der Waals surface area (Å²) in [6.07, 6.45) is 6.58. The van der Waals surface area contributed by atoms with E-state index in [0.717, 1.165) is 6.42 Å². The maximum Gasteiger partial charge on any atom is 0.163 e. The Labute approximate surface area is 117 Å². The molecule has 110 valence electrons. The summed E-state index contributed by atoms with van der Waals surface area (Å²) >= 11 is 0. The molecule has 0 radical (unpaired) electrons. The van der Waals surface area contributed by atoms with Crippen LogP contribution in [0, 0.1) is 11.8 Å². The van der Waals surface area contributed by atoms with Gasteiger partial charge in [-0.2, -0.15) is 0 Å². The number of aliphatic hydroxyl groups is 1. The van der Waals surface area contributed by atoms with Gasteiger partial charge in [0, 0.05) is 5.92 Å². The second kappa shape index (κ2) is 6.69. The van der Waals surface area contributed by atoms with Crippen molar-refractivity contribution in [3.63, 3.8) is 0 Å². The highest BCUT2D eigenvalue weighted by atomic mass is 16.7. The van der Waals surface area contributed by atoms with Crippen LogP contribution in [0.25, 0.3) is 0 Å². The summed E-state index contributed by atoms with van der Waals surface area (Å²) in [4.78, 5) is 0. The Morgan fingerprint density at radius 1 is 1.21 bits per heavy atom. The molecular weight excluding hydrogens is 240 g/mol. The van der Waals surface area contributed by atoms with Gasteiger partial charge in [0.1, 0.15) is 0 Å². The predicted octanol–water partition coefficient (Wildman–Crippen LogP) is 3.29. The summed E-state index contributed by atoms with van der Waals surface area (Å²) in [6.45, 7) is 13.6. The van der Waals surface area contributed by atoms with Crippen molar-refractivity contribution in [2.24, 2.45) is 11.8 Å². The van der Waals surface area contributed by atoms with Crippen LogP contribution in [0.15, 0.2) is 24.8 Å². The highest BCUT2D eigenvalue weighted by Crippen LogP contribution is 2.34. The fourth-order valence-electron chi connectivity index (χ4n) is 2.28. The number of rotatable bonds is 6. The molecule has 1 rings (SSSR count). The smallest absolute Gasteiger partial charge is 0.163 e. The largest absolute Gasteiger partial charge is 0.393 e. The third-order valence-corrected chi connectivity index (χ3v) is 3.62. The Hall–Kier alpha value is -0.640. The molecule has 1 heterocycles. The van der Waals surface area contributed by atoms with Crippen LogP contribution in [-0.4, -0.2) is 29.2 Å². The third-order valence-electron chi connectivity index (χ3n) is 3.62. The Morgan fingerprint density at radius 2 is 1.84 bits per heavy atom. The average Bonchev–Trinajstić information content (AvgIpc) is 2.61. The normalized spacial score (nSPS) is 31.3. The van der Waals surface area contributed by atoms with Crippen LogP contribution in [0.3, 0.4) is 0 Å².